The molecule has 0 unspecified atom stereocenters. The highest BCUT2D eigenvalue weighted by atomic mass is 16.8. The van der Waals surface area contributed by atoms with Gasteiger partial charge in [0.1, 0.15) is 96.4 Å². The van der Waals surface area contributed by atoms with Crippen molar-refractivity contribution < 1.29 is 134 Å². The molecule has 498 valence electrons. The molecule has 31 atom stereocenters. The number of amides is 1. The van der Waals surface area contributed by atoms with Crippen molar-refractivity contribution >= 4 is 11.9 Å². The van der Waals surface area contributed by atoms with Gasteiger partial charge in [-0.2, -0.15) is 0 Å². The smallest absolute Gasteiger partial charge is 0.317 e. The van der Waals surface area contributed by atoms with Gasteiger partial charge < -0.3 is 129 Å². The third-order valence-corrected chi connectivity index (χ3v) is 23.0. The number of nitrogens with one attached hydrogen (secondary N) is 1. The Balaban J connectivity index is 0.928. The van der Waals surface area contributed by atoms with E-state index < -0.39 is 225 Å². The molecule has 4 saturated carbocycles. The maximum atomic E-state index is 15.4. The van der Waals surface area contributed by atoms with Crippen LogP contribution in [-0.4, -0.2) is 275 Å². The molecule has 9 fully saturated rings. The van der Waals surface area contributed by atoms with Crippen molar-refractivity contribution in [3.8, 4) is 0 Å². The lowest BCUT2D eigenvalue weighted by Gasteiger charge is -2.72. The van der Waals surface area contributed by atoms with Gasteiger partial charge in [0.2, 0.25) is 12.2 Å². The minimum Gasteiger partial charge on any atom is -0.432 e. The highest BCUT2D eigenvalue weighted by molar-refractivity contribution is 5.80. The van der Waals surface area contributed by atoms with Crippen LogP contribution in [0.4, 0.5) is 0 Å². The second-order valence-corrected chi connectivity index (χ2v) is 28.8. The highest BCUT2D eigenvalue weighted by Gasteiger charge is 2.75. The molecule has 0 aromatic heterocycles. The topological polar surface area (TPSA) is 442 Å². The van der Waals surface area contributed by atoms with E-state index in [0.29, 0.717) is 44.9 Å². The van der Waals surface area contributed by atoms with Crippen LogP contribution in [0.2, 0.25) is 0 Å². The number of aliphatic hydroxyl groups is 15. The predicted molar refractivity (Wildman–Crippen MR) is 292 cm³/mol. The van der Waals surface area contributed by atoms with Crippen molar-refractivity contribution in [2.45, 2.75) is 254 Å². The third-order valence-electron chi connectivity index (χ3n) is 23.0. The summed E-state index contributed by atoms with van der Waals surface area (Å²) >= 11 is 0. The molecule has 0 radical (unpaired) electrons. The van der Waals surface area contributed by atoms with Gasteiger partial charge in [0.15, 0.2) is 31.3 Å². The summed E-state index contributed by atoms with van der Waals surface area (Å²) in [6.45, 7) is 12.2. The number of aliphatic hydroxyl groups excluding tert-OH is 14. The van der Waals surface area contributed by atoms with E-state index in [-0.39, 0.29) is 30.3 Å². The average Bonchev–Trinajstić information content (AvgIpc) is 0.962. The molecule has 5 aliphatic carbocycles. The Hall–Kier alpha value is -2.28. The van der Waals surface area contributed by atoms with Crippen molar-refractivity contribution in [3.63, 3.8) is 0 Å². The molecule has 0 bridgehead atoms. The summed E-state index contributed by atoms with van der Waals surface area (Å²) in [5.74, 6) is -2.52. The quantitative estimate of drug-likeness (QED) is 0.0445. The van der Waals surface area contributed by atoms with Crippen LogP contribution < -0.4 is 5.32 Å². The Morgan fingerprint density at radius 1 is 0.632 bits per heavy atom. The summed E-state index contributed by atoms with van der Waals surface area (Å²) in [5.41, 5.74) is -6.59. The van der Waals surface area contributed by atoms with Crippen molar-refractivity contribution in [2.75, 3.05) is 39.6 Å². The van der Waals surface area contributed by atoms with E-state index in [0.717, 1.165) is 5.57 Å². The first kappa shape index (κ1) is 67.6. The van der Waals surface area contributed by atoms with E-state index in [9.17, 15) is 81.4 Å². The number of esters is 1. The van der Waals surface area contributed by atoms with E-state index in [2.05, 4.69) is 52.9 Å². The fourth-order valence-corrected chi connectivity index (χ4v) is 17.6. The van der Waals surface area contributed by atoms with Gasteiger partial charge in [-0.3, -0.25) is 9.59 Å². The molecule has 28 nitrogen and oxygen atoms in total. The molecule has 0 aromatic rings. The van der Waals surface area contributed by atoms with Gasteiger partial charge >= 0.3 is 5.97 Å². The standard InChI is InChI=1S/C59H95NO27/c1-24(63)60-34-42(85-49-41(72)36(67)28(65)20-79-49)38(69)30(21-80-48-40(71)35(66)27(64)19-78-48)83-47(34)84-33-12-13-55(6)31(54(33,4)5)11-14-56(7)32(55)10-9-25-26-17-53(2,3)15-16-59(26,45(74)44(73)57(25,56)8)52(76)87-50-43(39(70)37(68)29(18-61)82-50)86-51-46(75)58(77,22-62)23-81-51/h9,26-51,61-62,64-75,77H,10-23H2,1-8H3,(H,60,63)/t26-,27+,28-,29-,30-,31+,32-,33+,34-,35+,36+,37-,38-,39+,40-,41-,42-,43-,44+,45-,46+,47+,48+,49+,50+,51+,55+,56-,57+,58+,59-/m1/s1. The number of ether oxygens (including phenoxy) is 10. The predicted octanol–water partition coefficient (Wildman–Crippen LogP) is -4.21. The molecule has 0 spiro atoms. The van der Waals surface area contributed by atoms with Crippen molar-refractivity contribution in [1.29, 1.82) is 0 Å². The average molecular weight is 1250 g/mol. The van der Waals surface area contributed by atoms with Crippen LogP contribution in [0.3, 0.4) is 0 Å². The maximum Gasteiger partial charge on any atom is 0.317 e. The van der Waals surface area contributed by atoms with E-state index in [1.807, 2.05) is 6.92 Å². The van der Waals surface area contributed by atoms with Gasteiger partial charge in [0.05, 0.1) is 58.0 Å². The largest absolute Gasteiger partial charge is 0.432 e. The molecule has 5 saturated heterocycles. The second-order valence-electron chi connectivity index (χ2n) is 28.8. The second kappa shape index (κ2) is 24.6. The Bertz CT molecular complexity index is 2490. The van der Waals surface area contributed by atoms with Gasteiger partial charge in [-0.1, -0.05) is 60.1 Å². The molecule has 0 aromatic carbocycles. The van der Waals surface area contributed by atoms with E-state index in [1.165, 1.54) is 6.92 Å². The summed E-state index contributed by atoms with van der Waals surface area (Å²) in [4.78, 5) is 28.5. The minimum atomic E-state index is -2.15. The monoisotopic (exact) mass is 1250 g/mol. The first-order chi connectivity index (χ1) is 40.7. The van der Waals surface area contributed by atoms with Crippen LogP contribution in [0.15, 0.2) is 11.6 Å². The molecule has 10 rings (SSSR count). The Morgan fingerprint density at radius 3 is 1.90 bits per heavy atom. The molecule has 10 aliphatic rings. The van der Waals surface area contributed by atoms with Crippen molar-refractivity contribution in [1.82, 2.24) is 5.32 Å². The van der Waals surface area contributed by atoms with Gasteiger partial charge in [0.25, 0.3) is 0 Å². The van der Waals surface area contributed by atoms with Gasteiger partial charge in [0, 0.05) is 12.3 Å². The fraction of sp³-hybridized carbons (Fsp3) is 0.932. The van der Waals surface area contributed by atoms with Crippen molar-refractivity contribution in [2.24, 2.45) is 50.2 Å². The van der Waals surface area contributed by atoms with Crippen molar-refractivity contribution in [3.05, 3.63) is 11.6 Å². The fourth-order valence-electron chi connectivity index (χ4n) is 17.6. The summed E-state index contributed by atoms with van der Waals surface area (Å²) in [6.07, 6.45) is -29.6. The number of carbonyl (C=O) groups excluding carboxylic acids is 2. The van der Waals surface area contributed by atoms with Crippen LogP contribution in [0, 0.1) is 50.2 Å². The lowest BCUT2D eigenvalue weighted by atomic mass is 9.32. The zero-order valence-corrected chi connectivity index (χ0v) is 50.6. The van der Waals surface area contributed by atoms with Gasteiger partial charge in [-0.05, 0) is 90.8 Å². The summed E-state index contributed by atoms with van der Waals surface area (Å²) in [5, 5.41) is 168. The highest BCUT2D eigenvalue weighted by Crippen LogP contribution is 2.76. The first-order valence-electron chi connectivity index (χ1n) is 30.7. The van der Waals surface area contributed by atoms with E-state index >= 15 is 4.79 Å². The maximum absolute atomic E-state index is 15.4. The number of hydrogen-bond donors (Lipinski definition) is 16. The van der Waals surface area contributed by atoms with Gasteiger partial charge in [-0.15, -0.1) is 0 Å². The lowest BCUT2D eigenvalue weighted by Crippen LogP contribution is -2.73. The molecule has 5 aliphatic heterocycles. The SMILES string of the molecule is CC(=O)N[C@H]1[C@H](O[C@H]2CC[C@]3(C)[C@H]4CC=C5[C@H]6CC(C)(C)CC[C@]6(C(=O)O[C@@H]6O[C@H](CO)[C@@H](O)[C@H](O)[C@H]6O[C@@H]6OC[C@@](O)(CO)[C@H]6O)[C@H](O)[C@H](O)[C@@]5(C)[C@]4(C)CC[C@H]3C2(C)C)O[C@H](CO[C@@H]2OC[C@H](O)[C@H](O)[C@H]2O)[C@@H](O)[C@@H]1O[C@@H]1OC[C@@H](O)[C@H](O)[C@H]1O. The minimum absolute atomic E-state index is 0.0510. The Labute approximate surface area is 504 Å². The van der Waals surface area contributed by atoms with Gasteiger partial charge in [-0.25, -0.2) is 0 Å². The molecular weight excluding hydrogens is 1150 g/mol. The summed E-state index contributed by atoms with van der Waals surface area (Å²) in [6, 6.07) is -1.31. The molecule has 16 N–H and O–H groups in total. The zero-order valence-electron chi connectivity index (χ0n) is 50.6. The Kier molecular flexibility index (Phi) is 19.1. The van der Waals surface area contributed by atoms with Crippen LogP contribution in [0.25, 0.3) is 0 Å². The molecular formula is C59H95NO27. The lowest BCUT2D eigenvalue weighted by molar-refractivity contribution is -0.349. The summed E-state index contributed by atoms with van der Waals surface area (Å²) in [7, 11) is 0. The number of carbonyl (C=O) groups is 2. The number of fused-ring (bicyclic) bond motifs is 7. The molecule has 1 amide bonds. The molecule has 28 heteroatoms. The van der Waals surface area contributed by atoms with Crippen LogP contribution >= 0.6 is 0 Å². The number of hydrogen-bond acceptors (Lipinski definition) is 27. The number of rotatable bonds is 14. The van der Waals surface area contributed by atoms with Crippen LogP contribution in [-0.2, 0) is 57.0 Å². The third kappa shape index (κ3) is 11.2. The first-order valence-corrected chi connectivity index (χ1v) is 30.7. The van der Waals surface area contributed by atoms with E-state index in [1.54, 1.807) is 0 Å². The normalized spacial score (nSPS) is 52.9. The zero-order chi connectivity index (χ0) is 63.6. The number of allylic oxidation sites excluding steroid dienone is 1. The molecule has 5 heterocycles. The summed E-state index contributed by atoms with van der Waals surface area (Å²) < 4.78 is 60.1. The van der Waals surface area contributed by atoms with E-state index in [4.69, 9.17) is 47.4 Å². The molecule has 87 heavy (non-hydrogen) atoms. The van der Waals surface area contributed by atoms with Crippen LogP contribution in [0.1, 0.15) is 107 Å². The Morgan fingerprint density at radius 2 is 1.26 bits per heavy atom. The van der Waals surface area contributed by atoms with Crippen LogP contribution in [0.5, 0.6) is 0 Å².